The molecule has 5 heteroatoms. The lowest BCUT2D eigenvalue weighted by atomic mass is 10.3. The van der Waals surface area contributed by atoms with Crippen molar-refractivity contribution >= 4 is 23.1 Å². The molecule has 0 aliphatic heterocycles. The number of halogens is 1. The summed E-state index contributed by atoms with van der Waals surface area (Å²) in [6, 6.07) is 1.92. The van der Waals surface area contributed by atoms with Crippen molar-refractivity contribution in [3.8, 4) is 0 Å². The number of nitrogen functional groups attached to an aromatic ring is 1. The minimum absolute atomic E-state index is 0.350. The summed E-state index contributed by atoms with van der Waals surface area (Å²) >= 11 is 5.83. The van der Waals surface area contributed by atoms with E-state index in [9.17, 15) is 0 Å². The Labute approximate surface area is 74.0 Å². The van der Waals surface area contributed by atoms with E-state index >= 15 is 0 Å². The van der Waals surface area contributed by atoms with Gasteiger partial charge in [0.1, 0.15) is 0 Å². The molecule has 0 atom stereocenters. The van der Waals surface area contributed by atoms with E-state index in [1.54, 1.807) is 4.40 Å². The molecule has 0 fully saturated rings. The lowest BCUT2D eigenvalue weighted by molar-refractivity contribution is 0.968. The molecule has 0 aliphatic carbocycles. The van der Waals surface area contributed by atoms with Gasteiger partial charge in [-0.25, -0.2) is 0 Å². The maximum Gasteiger partial charge on any atom is 0.225 e. The molecule has 62 valence electrons. The molecule has 0 unspecified atom stereocenters. The fraction of sp³-hybridized carbons (Fsp3) is 0.143. The number of aryl methyl sites for hydroxylation is 1. The Hall–Kier alpha value is -1.29. The highest BCUT2D eigenvalue weighted by Crippen LogP contribution is 2.20. The highest BCUT2D eigenvalue weighted by molar-refractivity contribution is 6.32. The van der Waals surface area contributed by atoms with Gasteiger partial charge in [0, 0.05) is 6.20 Å². The zero-order valence-electron chi connectivity index (χ0n) is 6.45. The van der Waals surface area contributed by atoms with Crippen molar-refractivity contribution in [1.82, 2.24) is 14.6 Å². The van der Waals surface area contributed by atoms with Crippen LogP contribution in [0.5, 0.6) is 0 Å². The first kappa shape index (κ1) is 7.36. The van der Waals surface area contributed by atoms with Crippen LogP contribution in [0, 0.1) is 6.92 Å². The molecule has 0 saturated carbocycles. The van der Waals surface area contributed by atoms with E-state index in [-0.39, 0.29) is 0 Å². The van der Waals surface area contributed by atoms with Crippen molar-refractivity contribution < 1.29 is 0 Å². The molecule has 0 bridgehead atoms. The number of rotatable bonds is 0. The molecule has 2 N–H and O–H groups in total. The molecule has 0 spiro atoms. The summed E-state index contributed by atoms with van der Waals surface area (Å²) in [5, 5.41) is 7.77. The molecule has 0 radical (unpaired) electrons. The van der Waals surface area contributed by atoms with E-state index in [2.05, 4.69) is 10.2 Å². The van der Waals surface area contributed by atoms with Gasteiger partial charge < -0.3 is 5.73 Å². The Balaban J connectivity index is 2.98. The first-order valence-corrected chi connectivity index (χ1v) is 3.83. The van der Waals surface area contributed by atoms with Crippen LogP contribution in [-0.2, 0) is 0 Å². The van der Waals surface area contributed by atoms with Crippen LogP contribution in [0.2, 0.25) is 5.15 Å². The Morgan fingerprint density at radius 1 is 1.50 bits per heavy atom. The number of aromatic nitrogens is 3. The highest BCUT2D eigenvalue weighted by Gasteiger charge is 2.06. The van der Waals surface area contributed by atoms with Gasteiger partial charge in [0.15, 0.2) is 5.15 Å². The van der Waals surface area contributed by atoms with Crippen molar-refractivity contribution in [2.24, 2.45) is 0 Å². The zero-order chi connectivity index (χ0) is 8.72. The molecule has 0 aromatic carbocycles. The van der Waals surface area contributed by atoms with E-state index in [0.29, 0.717) is 11.1 Å². The minimum Gasteiger partial charge on any atom is -0.368 e. The third-order valence-electron chi connectivity index (χ3n) is 1.77. The summed E-state index contributed by atoms with van der Waals surface area (Å²) < 4.78 is 1.71. The van der Waals surface area contributed by atoms with Gasteiger partial charge in [-0.1, -0.05) is 11.6 Å². The van der Waals surface area contributed by atoms with Gasteiger partial charge in [0.2, 0.25) is 5.95 Å². The number of fused-ring (bicyclic) bond motifs is 1. The average molecular weight is 183 g/mol. The standard InChI is InChI=1S/C7H7ClN4/c1-4-2-3-12-5(4)6(8)10-11-7(12)9/h2-3H,1H3,(H2,9,11). The number of nitrogens with two attached hydrogens (primary N) is 1. The molecule has 0 aliphatic rings. The van der Waals surface area contributed by atoms with E-state index in [0.717, 1.165) is 11.1 Å². The van der Waals surface area contributed by atoms with Crippen molar-refractivity contribution in [2.75, 3.05) is 5.73 Å². The third kappa shape index (κ3) is 0.848. The molecular weight excluding hydrogens is 176 g/mol. The molecule has 2 aromatic heterocycles. The smallest absolute Gasteiger partial charge is 0.225 e. The normalized spacial score (nSPS) is 10.8. The van der Waals surface area contributed by atoms with Gasteiger partial charge in [-0.05, 0) is 18.6 Å². The Morgan fingerprint density at radius 3 is 2.92 bits per heavy atom. The molecule has 12 heavy (non-hydrogen) atoms. The monoisotopic (exact) mass is 182 g/mol. The third-order valence-corrected chi connectivity index (χ3v) is 2.03. The summed E-state index contributed by atoms with van der Waals surface area (Å²) in [5.74, 6) is 0.350. The predicted octanol–water partition coefficient (Wildman–Crippen LogP) is 1.27. The van der Waals surface area contributed by atoms with Crippen LogP contribution >= 0.6 is 11.6 Å². The summed E-state index contributed by atoms with van der Waals surface area (Å²) in [5.41, 5.74) is 7.44. The summed E-state index contributed by atoms with van der Waals surface area (Å²) in [6.45, 7) is 1.95. The number of anilines is 1. The van der Waals surface area contributed by atoms with E-state index in [4.69, 9.17) is 17.3 Å². The summed E-state index contributed by atoms with van der Waals surface area (Å²) in [6.07, 6.45) is 1.82. The van der Waals surface area contributed by atoms with E-state index in [1.165, 1.54) is 0 Å². The van der Waals surface area contributed by atoms with Gasteiger partial charge in [0.05, 0.1) is 5.52 Å². The van der Waals surface area contributed by atoms with Crippen LogP contribution < -0.4 is 5.73 Å². The first-order chi connectivity index (χ1) is 5.70. The van der Waals surface area contributed by atoms with Crippen molar-refractivity contribution in [3.63, 3.8) is 0 Å². The highest BCUT2D eigenvalue weighted by atomic mass is 35.5. The molecular formula is C7H7ClN4. The quantitative estimate of drug-likeness (QED) is 0.668. The molecule has 2 rings (SSSR count). The maximum absolute atomic E-state index is 5.83. The Morgan fingerprint density at radius 2 is 2.25 bits per heavy atom. The van der Waals surface area contributed by atoms with Crippen molar-refractivity contribution in [1.29, 1.82) is 0 Å². The topological polar surface area (TPSA) is 56.2 Å². The molecule has 2 aromatic rings. The molecule has 4 nitrogen and oxygen atoms in total. The second-order valence-electron chi connectivity index (χ2n) is 2.57. The largest absolute Gasteiger partial charge is 0.368 e. The summed E-state index contributed by atoms with van der Waals surface area (Å²) in [4.78, 5) is 0. The van der Waals surface area contributed by atoms with E-state index in [1.807, 2.05) is 19.2 Å². The van der Waals surface area contributed by atoms with Crippen LogP contribution in [0.4, 0.5) is 5.95 Å². The number of nitrogens with zero attached hydrogens (tertiary/aromatic N) is 3. The lowest BCUT2D eigenvalue weighted by Crippen LogP contribution is -2.01. The van der Waals surface area contributed by atoms with Crippen LogP contribution in [0.25, 0.3) is 5.52 Å². The number of hydrogen-bond acceptors (Lipinski definition) is 3. The first-order valence-electron chi connectivity index (χ1n) is 3.45. The second-order valence-corrected chi connectivity index (χ2v) is 2.92. The van der Waals surface area contributed by atoms with Crippen LogP contribution in [0.1, 0.15) is 5.56 Å². The summed E-state index contributed by atoms with van der Waals surface area (Å²) in [7, 11) is 0. The maximum atomic E-state index is 5.83. The molecule has 0 amide bonds. The van der Waals surface area contributed by atoms with Gasteiger partial charge >= 0.3 is 0 Å². The number of hydrogen-bond donors (Lipinski definition) is 1. The minimum atomic E-state index is 0.350. The van der Waals surface area contributed by atoms with Gasteiger partial charge in [-0.3, -0.25) is 4.40 Å². The van der Waals surface area contributed by atoms with Gasteiger partial charge in [-0.2, -0.15) is 0 Å². The van der Waals surface area contributed by atoms with Gasteiger partial charge in [-0.15, -0.1) is 10.2 Å². The fourth-order valence-corrected chi connectivity index (χ4v) is 1.45. The average Bonchev–Trinajstić information content (AvgIpc) is 2.42. The van der Waals surface area contributed by atoms with Crippen LogP contribution in [-0.4, -0.2) is 14.6 Å². The van der Waals surface area contributed by atoms with Crippen LogP contribution in [0.15, 0.2) is 12.3 Å². The Kier molecular flexibility index (Phi) is 1.44. The van der Waals surface area contributed by atoms with Gasteiger partial charge in [0.25, 0.3) is 0 Å². The zero-order valence-corrected chi connectivity index (χ0v) is 7.21. The van der Waals surface area contributed by atoms with Crippen LogP contribution in [0.3, 0.4) is 0 Å². The van der Waals surface area contributed by atoms with Crippen molar-refractivity contribution in [3.05, 3.63) is 23.0 Å². The predicted molar refractivity (Wildman–Crippen MR) is 47.1 cm³/mol. The van der Waals surface area contributed by atoms with Crippen molar-refractivity contribution in [2.45, 2.75) is 6.92 Å². The Bertz CT molecular complexity index is 434. The molecule has 2 heterocycles. The fourth-order valence-electron chi connectivity index (χ4n) is 1.17. The SMILES string of the molecule is Cc1ccn2c(N)nnc(Cl)c12. The van der Waals surface area contributed by atoms with E-state index < -0.39 is 0 Å². The lowest BCUT2D eigenvalue weighted by Gasteiger charge is -1.99. The second kappa shape index (κ2) is 2.35. The molecule has 0 saturated heterocycles.